The molecule has 2 amide bonds. The quantitative estimate of drug-likeness (QED) is 0.330. The zero-order valence-corrected chi connectivity index (χ0v) is 24.3. The van der Waals surface area contributed by atoms with Crippen molar-refractivity contribution in [2.75, 3.05) is 38.1 Å². The maximum Gasteiger partial charge on any atom is 0.244 e. The third kappa shape index (κ3) is 5.90. The molecule has 0 radical (unpaired) electrons. The Labute approximate surface area is 247 Å². The van der Waals surface area contributed by atoms with E-state index in [1.807, 2.05) is 36.4 Å². The van der Waals surface area contributed by atoms with E-state index < -0.39 is 11.9 Å². The van der Waals surface area contributed by atoms with Gasteiger partial charge in [0.15, 0.2) is 0 Å². The van der Waals surface area contributed by atoms with Crippen LogP contribution in [0.2, 0.25) is 0 Å². The Morgan fingerprint density at radius 1 is 0.905 bits per heavy atom. The van der Waals surface area contributed by atoms with Gasteiger partial charge in [-0.05, 0) is 54.6 Å². The van der Waals surface area contributed by atoms with Crippen molar-refractivity contribution in [3.05, 3.63) is 95.6 Å². The Kier molecular flexibility index (Phi) is 8.24. The summed E-state index contributed by atoms with van der Waals surface area (Å²) in [5.74, 6) is 0.288. The number of amides is 2. The number of primary amides is 1. The average molecular weight is 565 g/mol. The highest BCUT2D eigenvalue weighted by Crippen LogP contribution is 2.38. The maximum atomic E-state index is 13.5. The van der Waals surface area contributed by atoms with Crippen LogP contribution in [0.5, 0.6) is 0 Å². The minimum Gasteiger partial charge on any atom is -0.368 e. The van der Waals surface area contributed by atoms with E-state index >= 15 is 0 Å². The third-order valence-corrected chi connectivity index (χ3v) is 8.98. The van der Waals surface area contributed by atoms with Crippen LogP contribution in [0, 0.1) is 5.92 Å². The molecule has 2 heterocycles. The Morgan fingerprint density at radius 2 is 1.60 bits per heavy atom. The monoisotopic (exact) mass is 564 g/mol. The number of anilines is 1. The van der Waals surface area contributed by atoms with Crippen molar-refractivity contribution in [3.8, 4) is 0 Å². The molecule has 218 valence electrons. The number of imidazole rings is 1. The van der Waals surface area contributed by atoms with E-state index in [0.29, 0.717) is 5.56 Å². The number of nitrogens with one attached hydrogen (secondary N) is 1. The van der Waals surface area contributed by atoms with Crippen LogP contribution in [0.4, 0.5) is 5.95 Å². The average Bonchev–Trinajstić information content (AvgIpc) is 3.39. The van der Waals surface area contributed by atoms with Crippen molar-refractivity contribution in [2.45, 2.75) is 44.2 Å². The van der Waals surface area contributed by atoms with Gasteiger partial charge in [0.1, 0.15) is 6.04 Å². The van der Waals surface area contributed by atoms with Gasteiger partial charge in [0.25, 0.3) is 0 Å². The number of carbonyl (C=O) groups is 2. The van der Waals surface area contributed by atoms with Crippen LogP contribution in [0.25, 0.3) is 11.0 Å². The molecule has 1 aliphatic heterocycles. The van der Waals surface area contributed by atoms with Crippen LogP contribution in [-0.4, -0.2) is 59.5 Å². The summed E-state index contributed by atoms with van der Waals surface area (Å²) in [5.41, 5.74) is 10.9. The van der Waals surface area contributed by atoms with Gasteiger partial charge < -0.3 is 25.4 Å². The fourth-order valence-corrected chi connectivity index (χ4v) is 6.58. The fraction of sp³-hybridized carbons (Fsp3) is 0.382. The lowest BCUT2D eigenvalue weighted by atomic mass is 9.74. The normalized spacial score (nSPS) is 20.4. The molecular weight excluding hydrogens is 524 g/mol. The van der Waals surface area contributed by atoms with E-state index in [9.17, 15) is 9.59 Å². The Morgan fingerprint density at radius 3 is 2.33 bits per heavy atom. The Bertz CT molecular complexity index is 1520. The van der Waals surface area contributed by atoms with Crippen molar-refractivity contribution in [1.82, 2.24) is 19.8 Å². The molecule has 4 aromatic rings. The smallest absolute Gasteiger partial charge is 0.244 e. The third-order valence-electron chi connectivity index (χ3n) is 8.98. The van der Waals surface area contributed by atoms with E-state index in [4.69, 9.17) is 10.7 Å². The molecule has 2 fully saturated rings. The molecule has 3 N–H and O–H groups in total. The van der Waals surface area contributed by atoms with E-state index in [-0.39, 0.29) is 17.7 Å². The van der Waals surface area contributed by atoms with E-state index in [1.54, 1.807) is 0 Å². The predicted molar refractivity (Wildman–Crippen MR) is 166 cm³/mol. The van der Waals surface area contributed by atoms with Crippen molar-refractivity contribution >= 4 is 28.8 Å². The molecule has 42 heavy (non-hydrogen) atoms. The number of hydrogen-bond acceptors (Lipinski definition) is 5. The largest absolute Gasteiger partial charge is 0.368 e. The second-order valence-corrected chi connectivity index (χ2v) is 11.8. The van der Waals surface area contributed by atoms with Crippen LogP contribution in [0.1, 0.15) is 54.3 Å². The van der Waals surface area contributed by atoms with Gasteiger partial charge in [-0.3, -0.25) is 9.59 Å². The van der Waals surface area contributed by atoms with Gasteiger partial charge in [-0.15, -0.1) is 0 Å². The Balaban J connectivity index is 1.21. The van der Waals surface area contributed by atoms with Crippen molar-refractivity contribution in [2.24, 2.45) is 11.7 Å². The highest BCUT2D eigenvalue weighted by atomic mass is 16.2. The highest BCUT2D eigenvalue weighted by Gasteiger charge is 2.34. The maximum absolute atomic E-state index is 13.5. The lowest BCUT2D eigenvalue weighted by molar-refractivity contribution is -0.131. The highest BCUT2D eigenvalue weighted by molar-refractivity contribution is 5.89. The minimum atomic E-state index is -0.830. The van der Waals surface area contributed by atoms with E-state index in [2.05, 4.69) is 69.2 Å². The molecule has 0 bridgehead atoms. The first-order chi connectivity index (χ1) is 20.5. The molecule has 1 aromatic heterocycles. The first-order valence-corrected chi connectivity index (χ1v) is 15.1. The number of para-hydroxylation sites is 2. The fourth-order valence-electron chi connectivity index (χ4n) is 6.58. The van der Waals surface area contributed by atoms with Gasteiger partial charge in [0.05, 0.1) is 17.6 Å². The van der Waals surface area contributed by atoms with Gasteiger partial charge in [-0.1, -0.05) is 79.6 Å². The predicted octanol–water partition coefficient (Wildman–Crippen LogP) is 4.45. The first kappa shape index (κ1) is 28.0. The summed E-state index contributed by atoms with van der Waals surface area (Å²) in [6.07, 6.45) is 3.84. The lowest BCUT2D eigenvalue weighted by Crippen LogP contribution is -2.45. The molecular formula is C34H40N6O2. The second-order valence-electron chi connectivity index (χ2n) is 11.8. The second kappa shape index (κ2) is 12.4. The summed E-state index contributed by atoms with van der Waals surface area (Å²) < 4.78 is 2.33. The molecule has 6 rings (SSSR count). The standard InChI is InChI=1S/C34H40N6O2/c1-38-19-21-39(22-20-38)34-36-29-13-7-8-14-30(29)40(34)23-24-15-17-25(18-16-24)27-11-5-6-12-28(27)33(42)37-31(32(35)41)26-9-3-2-4-10-26/h2-4,7-10,13-18,27-28,31H,5-6,11-12,19-23H2,1H3,(H2,35,41)(H,37,42)/t27-,28+,31?/m0/s1. The molecule has 3 aromatic carbocycles. The molecule has 1 unspecified atom stereocenters. The number of fused-ring (bicyclic) bond motifs is 1. The van der Waals surface area contributed by atoms with Crippen LogP contribution >= 0.6 is 0 Å². The SMILES string of the molecule is CN1CCN(c2nc3ccccc3n2Cc2ccc([C@@H]3CCCC[C@H]3C(=O)NC(C(N)=O)c3ccccc3)cc2)CC1. The molecule has 1 saturated heterocycles. The van der Waals surface area contributed by atoms with Crippen LogP contribution in [0.3, 0.4) is 0 Å². The van der Waals surface area contributed by atoms with Crippen molar-refractivity contribution in [1.29, 1.82) is 0 Å². The summed E-state index contributed by atoms with van der Waals surface area (Å²) in [7, 11) is 2.17. The molecule has 8 heteroatoms. The number of carbonyl (C=O) groups excluding carboxylic acids is 2. The summed E-state index contributed by atoms with van der Waals surface area (Å²) in [5, 5.41) is 2.97. The number of hydrogen-bond donors (Lipinski definition) is 2. The lowest BCUT2D eigenvalue weighted by Gasteiger charge is -2.33. The van der Waals surface area contributed by atoms with E-state index in [1.165, 1.54) is 11.1 Å². The van der Waals surface area contributed by atoms with E-state index in [0.717, 1.165) is 75.4 Å². The van der Waals surface area contributed by atoms with Gasteiger partial charge >= 0.3 is 0 Å². The van der Waals surface area contributed by atoms with Crippen molar-refractivity contribution in [3.63, 3.8) is 0 Å². The number of aromatic nitrogens is 2. The first-order valence-electron chi connectivity index (χ1n) is 15.1. The van der Waals surface area contributed by atoms with Gasteiger partial charge in [0.2, 0.25) is 17.8 Å². The number of rotatable bonds is 8. The van der Waals surface area contributed by atoms with Crippen LogP contribution in [-0.2, 0) is 16.1 Å². The van der Waals surface area contributed by atoms with Crippen LogP contribution in [0.15, 0.2) is 78.9 Å². The minimum absolute atomic E-state index is 0.0990. The molecule has 1 aliphatic carbocycles. The molecule has 8 nitrogen and oxygen atoms in total. The number of nitrogens with zero attached hydrogens (tertiary/aromatic N) is 4. The van der Waals surface area contributed by atoms with Gasteiger partial charge in [-0.2, -0.15) is 0 Å². The summed E-state index contributed by atoms with van der Waals surface area (Å²) in [6, 6.07) is 25.5. The zero-order chi connectivity index (χ0) is 29.1. The van der Waals surface area contributed by atoms with Crippen LogP contribution < -0.4 is 16.0 Å². The zero-order valence-electron chi connectivity index (χ0n) is 24.3. The van der Waals surface area contributed by atoms with Crippen molar-refractivity contribution < 1.29 is 9.59 Å². The topological polar surface area (TPSA) is 96.5 Å². The van der Waals surface area contributed by atoms with Gasteiger partial charge in [0, 0.05) is 32.1 Å². The molecule has 2 aliphatic rings. The molecule has 1 saturated carbocycles. The number of piperazine rings is 1. The Hall–Kier alpha value is -4.17. The number of nitrogens with two attached hydrogens (primary N) is 1. The van der Waals surface area contributed by atoms with Gasteiger partial charge in [-0.25, -0.2) is 4.98 Å². The summed E-state index contributed by atoms with van der Waals surface area (Å²) in [6.45, 7) is 4.71. The summed E-state index contributed by atoms with van der Waals surface area (Å²) in [4.78, 5) is 35.6. The summed E-state index contributed by atoms with van der Waals surface area (Å²) >= 11 is 0. The number of likely N-dealkylation sites (N-methyl/N-ethyl adjacent to an activating group) is 1. The molecule has 3 atom stereocenters. The molecule has 0 spiro atoms. The number of benzene rings is 3.